The van der Waals surface area contributed by atoms with Crippen molar-refractivity contribution in [1.29, 1.82) is 0 Å². The molecular formula is C31H23ClN4O9S2. The number of amides is 3. The Hall–Kier alpha value is -4.99. The lowest BCUT2D eigenvalue weighted by Gasteiger charge is -2.31. The number of carbonyl (C=O) groups excluding carboxylic acids is 4. The molecule has 2 aliphatic rings. The number of fused-ring (bicyclic) bond motifs is 2. The summed E-state index contributed by atoms with van der Waals surface area (Å²) in [6, 6.07) is 15.9. The minimum absolute atomic E-state index is 0.172. The fourth-order valence-electron chi connectivity index (χ4n) is 5.47. The summed E-state index contributed by atoms with van der Waals surface area (Å²) in [5.74, 6) is -3.75. The van der Waals surface area contributed by atoms with Crippen molar-refractivity contribution in [2.75, 3.05) is 23.4 Å². The second-order valence-electron chi connectivity index (χ2n) is 10.4. The van der Waals surface area contributed by atoms with E-state index in [2.05, 4.69) is 10.3 Å². The number of nitro benzene ring substituents is 1. The van der Waals surface area contributed by atoms with Gasteiger partial charge in [-0.3, -0.25) is 29.3 Å². The first-order chi connectivity index (χ1) is 22.5. The normalized spacial score (nSPS) is 18.3. The number of aromatic amines is 1. The zero-order chi connectivity index (χ0) is 33.4. The van der Waals surface area contributed by atoms with Gasteiger partial charge in [-0.2, -0.15) is 0 Å². The molecule has 1 aromatic heterocycles. The highest BCUT2D eigenvalue weighted by molar-refractivity contribution is 8.00. The first-order valence-corrected chi connectivity index (χ1v) is 16.1. The van der Waals surface area contributed by atoms with Crippen LogP contribution in [0, 0.1) is 16.0 Å². The number of aromatic nitrogens is 1. The standard InChI is InChI=1S/C31H23ClN4O9S2/c1-2-44-30(40)15-3-6-17(7-4-15)33-22(37)14-45-21-12-5-16(32)13-20(21)23-24-26(46-27-25(23)47-31(41)34-27)29(39)35(28(24)38)18-8-10-19(11-9-18)36(42)43/h3-13,23-24,26H,2,14H2,1H3,(H,33,37)(H,34,41). The lowest BCUT2D eigenvalue weighted by atomic mass is 9.82. The van der Waals surface area contributed by atoms with Crippen molar-refractivity contribution in [3.05, 3.63) is 108 Å². The molecule has 0 spiro atoms. The van der Waals surface area contributed by atoms with Crippen LogP contribution in [-0.4, -0.2) is 52.1 Å². The minimum atomic E-state index is -0.991. The Bertz CT molecular complexity index is 1980. The van der Waals surface area contributed by atoms with Crippen LogP contribution in [0.5, 0.6) is 5.75 Å². The van der Waals surface area contributed by atoms with Crippen LogP contribution in [0.1, 0.15) is 33.6 Å². The average molecular weight is 695 g/mol. The number of hydrogen-bond donors (Lipinski definition) is 2. The predicted molar refractivity (Wildman–Crippen MR) is 173 cm³/mol. The summed E-state index contributed by atoms with van der Waals surface area (Å²) in [5, 5.41) is 13.6. The van der Waals surface area contributed by atoms with Gasteiger partial charge >= 0.3 is 10.8 Å². The lowest BCUT2D eigenvalue weighted by molar-refractivity contribution is -0.384. The predicted octanol–water partition coefficient (Wildman–Crippen LogP) is 4.99. The molecule has 16 heteroatoms. The molecule has 0 aliphatic carbocycles. The molecule has 4 aromatic rings. The van der Waals surface area contributed by atoms with Crippen LogP contribution in [-0.2, 0) is 19.1 Å². The molecule has 47 heavy (non-hydrogen) atoms. The summed E-state index contributed by atoms with van der Waals surface area (Å²) < 4.78 is 10.9. The summed E-state index contributed by atoms with van der Waals surface area (Å²) in [5.41, 5.74) is 1.11. The smallest absolute Gasteiger partial charge is 0.338 e. The second-order valence-corrected chi connectivity index (χ2v) is 13.0. The van der Waals surface area contributed by atoms with Crippen LogP contribution in [0.15, 0.2) is 76.6 Å². The molecule has 240 valence electrons. The molecule has 2 aliphatic heterocycles. The maximum Gasteiger partial charge on any atom is 0.338 e. The molecule has 0 saturated carbocycles. The SMILES string of the molecule is CCOC(=O)c1ccc(NC(=O)COc2ccc(Cl)cc2C2c3sc(=O)[nH]c3SC3C(=O)N(c4ccc([N+](=O)[O-])cc4)C(=O)C32)cc1. The summed E-state index contributed by atoms with van der Waals surface area (Å²) in [4.78, 5) is 79.5. The third kappa shape index (κ3) is 6.24. The highest BCUT2D eigenvalue weighted by Gasteiger charge is 2.57. The number of non-ortho nitro benzene ring substituents is 1. The van der Waals surface area contributed by atoms with Crippen molar-refractivity contribution in [2.24, 2.45) is 5.92 Å². The van der Waals surface area contributed by atoms with E-state index in [1.54, 1.807) is 37.3 Å². The molecular weight excluding hydrogens is 672 g/mol. The number of H-pyrrole nitrogens is 1. The van der Waals surface area contributed by atoms with Gasteiger partial charge in [0.2, 0.25) is 11.8 Å². The van der Waals surface area contributed by atoms with Crippen molar-refractivity contribution in [3.8, 4) is 5.75 Å². The van der Waals surface area contributed by atoms with Gasteiger partial charge < -0.3 is 19.8 Å². The van der Waals surface area contributed by atoms with E-state index in [0.717, 1.165) is 28.0 Å². The Balaban J connectivity index is 1.29. The molecule has 6 rings (SSSR count). The molecule has 0 radical (unpaired) electrons. The first-order valence-electron chi connectivity index (χ1n) is 14.1. The highest BCUT2D eigenvalue weighted by atomic mass is 35.5. The van der Waals surface area contributed by atoms with Crippen molar-refractivity contribution in [2.45, 2.75) is 23.1 Å². The van der Waals surface area contributed by atoms with Crippen LogP contribution >= 0.6 is 34.7 Å². The molecule has 3 aromatic carbocycles. The van der Waals surface area contributed by atoms with Gasteiger partial charge in [0, 0.05) is 39.2 Å². The fourth-order valence-corrected chi connectivity index (χ4v) is 8.15. The molecule has 1 saturated heterocycles. The van der Waals surface area contributed by atoms with Gasteiger partial charge in [0.25, 0.3) is 11.6 Å². The number of thioether (sulfide) groups is 1. The number of imide groups is 1. The summed E-state index contributed by atoms with van der Waals surface area (Å²) >= 11 is 8.37. The summed E-state index contributed by atoms with van der Waals surface area (Å²) in [6.07, 6.45) is 0. The number of nitro groups is 1. The topological polar surface area (TPSA) is 178 Å². The van der Waals surface area contributed by atoms with E-state index in [1.807, 2.05) is 0 Å². The molecule has 0 bridgehead atoms. The number of carbonyl (C=O) groups is 4. The minimum Gasteiger partial charge on any atom is -0.483 e. The number of anilines is 2. The van der Waals surface area contributed by atoms with Gasteiger partial charge in [0.15, 0.2) is 6.61 Å². The Kier molecular flexibility index (Phi) is 8.86. The first kappa shape index (κ1) is 32.0. The third-order valence-corrected chi connectivity index (χ3v) is 10.1. The van der Waals surface area contributed by atoms with Crippen LogP contribution in [0.25, 0.3) is 0 Å². The van der Waals surface area contributed by atoms with E-state index in [1.165, 1.54) is 36.4 Å². The Labute approximate surface area is 279 Å². The molecule has 3 amide bonds. The fraction of sp³-hybridized carbons (Fsp3) is 0.194. The van der Waals surface area contributed by atoms with Gasteiger partial charge in [0.05, 0.1) is 33.7 Å². The molecule has 13 nitrogen and oxygen atoms in total. The van der Waals surface area contributed by atoms with Gasteiger partial charge in [0.1, 0.15) is 11.0 Å². The van der Waals surface area contributed by atoms with E-state index in [9.17, 15) is 34.1 Å². The van der Waals surface area contributed by atoms with Gasteiger partial charge in [-0.15, -0.1) is 0 Å². The highest BCUT2D eigenvalue weighted by Crippen LogP contribution is 2.54. The molecule has 2 N–H and O–H groups in total. The Morgan fingerprint density at radius 3 is 2.45 bits per heavy atom. The molecule has 3 unspecified atom stereocenters. The van der Waals surface area contributed by atoms with E-state index >= 15 is 0 Å². The quantitative estimate of drug-likeness (QED) is 0.105. The number of benzene rings is 3. The second kappa shape index (κ2) is 13.0. The molecule has 3 heterocycles. The van der Waals surface area contributed by atoms with Crippen LogP contribution in [0.3, 0.4) is 0 Å². The summed E-state index contributed by atoms with van der Waals surface area (Å²) in [6.45, 7) is 1.49. The number of esters is 1. The number of thiazole rings is 1. The van der Waals surface area contributed by atoms with E-state index in [4.69, 9.17) is 21.1 Å². The van der Waals surface area contributed by atoms with Gasteiger partial charge in [-0.05, 0) is 61.5 Å². The lowest BCUT2D eigenvalue weighted by Crippen LogP contribution is -2.32. The van der Waals surface area contributed by atoms with Crippen molar-refractivity contribution in [3.63, 3.8) is 0 Å². The number of nitrogens with zero attached hydrogens (tertiary/aromatic N) is 2. The van der Waals surface area contributed by atoms with Crippen LogP contribution in [0.4, 0.5) is 17.1 Å². The monoisotopic (exact) mass is 694 g/mol. The van der Waals surface area contributed by atoms with Crippen molar-refractivity contribution in [1.82, 2.24) is 4.98 Å². The maximum atomic E-state index is 14.0. The number of nitrogens with one attached hydrogen (secondary N) is 2. The Morgan fingerprint density at radius 2 is 1.77 bits per heavy atom. The van der Waals surface area contributed by atoms with E-state index in [-0.39, 0.29) is 28.6 Å². The van der Waals surface area contributed by atoms with Crippen molar-refractivity contribution >= 4 is 75.5 Å². The molecule has 1 fully saturated rings. The van der Waals surface area contributed by atoms with Gasteiger partial charge in [-0.1, -0.05) is 34.7 Å². The van der Waals surface area contributed by atoms with Crippen LogP contribution in [0.2, 0.25) is 5.02 Å². The average Bonchev–Trinajstić information content (AvgIpc) is 3.54. The van der Waals surface area contributed by atoms with Gasteiger partial charge in [-0.25, -0.2) is 9.69 Å². The third-order valence-electron chi connectivity index (χ3n) is 7.49. The zero-order valence-corrected chi connectivity index (χ0v) is 26.6. The van der Waals surface area contributed by atoms with E-state index < -0.39 is 52.3 Å². The maximum absolute atomic E-state index is 14.0. The number of hydrogen-bond acceptors (Lipinski definition) is 11. The number of halogens is 1. The largest absolute Gasteiger partial charge is 0.483 e. The van der Waals surface area contributed by atoms with Crippen molar-refractivity contribution < 1.29 is 33.6 Å². The summed E-state index contributed by atoms with van der Waals surface area (Å²) in [7, 11) is 0. The van der Waals surface area contributed by atoms with Crippen LogP contribution < -0.4 is 19.8 Å². The Morgan fingerprint density at radius 1 is 1.04 bits per heavy atom. The number of ether oxygens (including phenoxy) is 2. The zero-order valence-electron chi connectivity index (χ0n) is 24.3. The molecule has 3 atom stereocenters. The number of rotatable bonds is 9. The van der Waals surface area contributed by atoms with E-state index in [0.29, 0.717) is 31.7 Å².